The van der Waals surface area contributed by atoms with Crippen LogP contribution in [0.15, 0.2) is 47.4 Å². The average Bonchev–Trinajstić information content (AvgIpc) is 2.46. The lowest BCUT2D eigenvalue weighted by Gasteiger charge is -2.25. The molecule has 3 nitrogen and oxygen atoms in total. The largest absolute Gasteiger partial charge is 0.508 e. The van der Waals surface area contributed by atoms with Gasteiger partial charge in [0, 0.05) is 6.26 Å². The van der Waals surface area contributed by atoms with Crippen molar-refractivity contribution in [3.63, 3.8) is 0 Å². The second-order valence-electron chi connectivity index (χ2n) is 5.73. The lowest BCUT2D eigenvalue weighted by Crippen LogP contribution is -2.12. The molecule has 110 valence electrons. The first-order chi connectivity index (χ1) is 9.93. The average molecular weight is 302 g/mol. The van der Waals surface area contributed by atoms with Crippen molar-refractivity contribution in [2.45, 2.75) is 30.1 Å². The molecule has 4 heteroatoms. The van der Waals surface area contributed by atoms with E-state index < -0.39 is 9.84 Å². The van der Waals surface area contributed by atoms with Crippen molar-refractivity contribution in [3.05, 3.63) is 59.2 Å². The van der Waals surface area contributed by atoms with E-state index in [1.807, 2.05) is 24.3 Å². The van der Waals surface area contributed by atoms with Crippen molar-refractivity contribution >= 4 is 9.84 Å². The van der Waals surface area contributed by atoms with Crippen LogP contribution in [0, 0.1) is 0 Å². The molecule has 0 aromatic heterocycles. The van der Waals surface area contributed by atoms with E-state index in [1.165, 1.54) is 22.9 Å². The fourth-order valence-corrected chi connectivity index (χ4v) is 3.64. The maximum absolute atomic E-state index is 11.5. The van der Waals surface area contributed by atoms with Crippen LogP contribution in [0.5, 0.6) is 5.75 Å². The van der Waals surface area contributed by atoms with Gasteiger partial charge >= 0.3 is 0 Å². The van der Waals surface area contributed by atoms with Gasteiger partial charge in [-0.1, -0.05) is 18.2 Å². The molecule has 1 aliphatic carbocycles. The number of fused-ring (bicyclic) bond motifs is 1. The van der Waals surface area contributed by atoms with Crippen molar-refractivity contribution in [1.29, 1.82) is 0 Å². The lowest BCUT2D eigenvalue weighted by molar-refractivity contribution is 0.472. The number of phenolic OH excluding ortho intramolecular Hbond substituents is 1. The van der Waals surface area contributed by atoms with Crippen molar-refractivity contribution in [2.24, 2.45) is 0 Å². The van der Waals surface area contributed by atoms with Gasteiger partial charge in [-0.2, -0.15) is 0 Å². The maximum Gasteiger partial charge on any atom is 0.175 e. The molecular weight excluding hydrogens is 284 g/mol. The van der Waals surface area contributed by atoms with E-state index in [0.29, 0.717) is 16.6 Å². The van der Waals surface area contributed by atoms with Crippen LogP contribution in [0.2, 0.25) is 0 Å². The smallest absolute Gasteiger partial charge is 0.175 e. The number of aromatic hydroxyl groups is 1. The highest BCUT2D eigenvalue weighted by atomic mass is 32.2. The molecule has 1 N–H and O–H groups in total. The highest BCUT2D eigenvalue weighted by molar-refractivity contribution is 7.90. The molecule has 0 fully saturated rings. The summed E-state index contributed by atoms with van der Waals surface area (Å²) in [6.07, 6.45) is 4.13. The van der Waals surface area contributed by atoms with Gasteiger partial charge in [0.1, 0.15) is 5.75 Å². The van der Waals surface area contributed by atoms with Crippen LogP contribution < -0.4 is 0 Å². The normalized spacial score (nSPS) is 18.2. The third-order valence-corrected chi connectivity index (χ3v) is 5.33. The quantitative estimate of drug-likeness (QED) is 0.927. The standard InChI is InChI=1S/C17H18O3S/c1-21(19,20)17-8-5-12(6-9-17)13-2-3-15-11-16(18)7-4-14(15)10-13/h4-9,11,13,18H,2-3,10H2,1H3. The van der Waals surface area contributed by atoms with Crippen molar-refractivity contribution < 1.29 is 13.5 Å². The summed E-state index contributed by atoms with van der Waals surface area (Å²) in [6, 6.07) is 12.8. The van der Waals surface area contributed by atoms with Gasteiger partial charge in [-0.15, -0.1) is 0 Å². The summed E-state index contributed by atoms with van der Waals surface area (Å²) in [7, 11) is -3.13. The maximum atomic E-state index is 11.5. The summed E-state index contributed by atoms with van der Waals surface area (Å²) in [6.45, 7) is 0. The van der Waals surface area contributed by atoms with E-state index in [0.717, 1.165) is 19.3 Å². The zero-order valence-electron chi connectivity index (χ0n) is 11.9. The third-order valence-electron chi connectivity index (χ3n) is 4.20. The number of rotatable bonds is 2. The van der Waals surface area contributed by atoms with Gasteiger partial charge < -0.3 is 5.11 Å². The first-order valence-electron chi connectivity index (χ1n) is 7.04. The molecule has 0 bridgehead atoms. The molecule has 2 aromatic carbocycles. The molecule has 1 unspecified atom stereocenters. The lowest BCUT2D eigenvalue weighted by atomic mass is 9.80. The van der Waals surface area contributed by atoms with Gasteiger partial charge in [0.05, 0.1) is 4.90 Å². The van der Waals surface area contributed by atoms with E-state index in [1.54, 1.807) is 18.2 Å². The topological polar surface area (TPSA) is 54.4 Å². The Bertz CT molecular complexity index is 761. The van der Waals surface area contributed by atoms with Gasteiger partial charge in [0.25, 0.3) is 0 Å². The minimum Gasteiger partial charge on any atom is -0.508 e. The monoisotopic (exact) mass is 302 g/mol. The van der Waals surface area contributed by atoms with E-state index in [-0.39, 0.29) is 0 Å². The molecule has 0 heterocycles. The first-order valence-corrected chi connectivity index (χ1v) is 8.93. The zero-order valence-corrected chi connectivity index (χ0v) is 12.7. The molecule has 3 rings (SSSR count). The number of hydrogen-bond acceptors (Lipinski definition) is 3. The van der Waals surface area contributed by atoms with Crippen molar-refractivity contribution in [3.8, 4) is 5.75 Å². The van der Waals surface area contributed by atoms with E-state index >= 15 is 0 Å². The van der Waals surface area contributed by atoms with E-state index in [2.05, 4.69) is 0 Å². The molecule has 21 heavy (non-hydrogen) atoms. The van der Waals surface area contributed by atoms with Crippen LogP contribution in [0.3, 0.4) is 0 Å². The Labute approximate surface area is 125 Å². The Morgan fingerprint density at radius 2 is 1.76 bits per heavy atom. The number of sulfone groups is 1. The molecule has 0 amide bonds. The Balaban J connectivity index is 1.84. The molecule has 1 aliphatic rings. The molecule has 0 saturated carbocycles. The van der Waals surface area contributed by atoms with Crippen LogP contribution in [-0.2, 0) is 22.7 Å². The van der Waals surface area contributed by atoms with Gasteiger partial charge in [-0.05, 0) is 66.1 Å². The number of hydrogen-bond donors (Lipinski definition) is 1. The summed E-state index contributed by atoms with van der Waals surface area (Å²) < 4.78 is 23.0. The minimum atomic E-state index is -3.13. The fraction of sp³-hybridized carbons (Fsp3) is 0.294. The summed E-state index contributed by atoms with van der Waals surface area (Å²) in [5, 5.41) is 9.52. The third kappa shape index (κ3) is 2.95. The van der Waals surface area contributed by atoms with E-state index in [4.69, 9.17) is 0 Å². The number of benzene rings is 2. The van der Waals surface area contributed by atoms with Gasteiger partial charge in [0.2, 0.25) is 0 Å². The van der Waals surface area contributed by atoms with Crippen LogP contribution in [-0.4, -0.2) is 19.8 Å². The Morgan fingerprint density at radius 1 is 1.05 bits per heavy atom. The van der Waals surface area contributed by atoms with Gasteiger partial charge in [0.15, 0.2) is 9.84 Å². The SMILES string of the molecule is CS(=O)(=O)c1ccc(C2CCc3cc(O)ccc3C2)cc1. The second-order valence-corrected chi connectivity index (χ2v) is 7.75. The summed E-state index contributed by atoms with van der Waals surface area (Å²) in [5.41, 5.74) is 3.68. The van der Waals surface area contributed by atoms with Crippen LogP contribution >= 0.6 is 0 Å². The predicted octanol–water partition coefficient (Wildman–Crippen LogP) is 3.07. The van der Waals surface area contributed by atoms with Gasteiger partial charge in [-0.3, -0.25) is 0 Å². The van der Waals surface area contributed by atoms with Crippen LogP contribution in [0.25, 0.3) is 0 Å². The predicted molar refractivity (Wildman–Crippen MR) is 82.4 cm³/mol. The molecule has 0 saturated heterocycles. The number of aryl methyl sites for hydroxylation is 1. The molecule has 0 aliphatic heterocycles. The first kappa shape index (κ1) is 14.1. The molecule has 0 radical (unpaired) electrons. The Hall–Kier alpha value is -1.81. The molecular formula is C17H18O3S. The van der Waals surface area contributed by atoms with E-state index in [9.17, 15) is 13.5 Å². The second kappa shape index (κ2) is 5.19. The summed E-state index contributed by atoms with van der Waals surface area (Å²) >= 11 is 0. The summed E-state index contributed by atoms with van der Waals surface area (Å²) in [4.78, 5) is 0.368. The highest BCUT2D eigenvalue weighted by Crippen LogP contribution is 2.34. The Morgan fingerprint density at radius 3 is 2.43 bits per heavy atom. The zero-order chi connectivity index (χ0) is 15.0. The highest BCUT2D eigenvalue weighted by Gasteiger charge is 2.20. The fourth-order valence-electron chi connectivity index (χ4n) is 3.01. The van der Waals surface area contributed by atoms with Crippen molar-refractivity contribution in [2.75, 3.05) is 6.26 Å². The van der Waals surface area contributed by atoms with Gasteiger partial charge in [-0.25, -0.2) is 8.42 Å². The molecule has 2 aromatic rings. The number of phenols is 1. The summed E-state index contributed by atoms with van der Waals surface area (Å²) in [5.74, 6) is 0.736. The molecule has 0 spiro atoms. The van der Waals surface area contributed by atoms with Crippen LogP contribution in [0.4, 0.5) is 0 Å². The minimum absolute atomic E-state index is 0.324. The van der Waals surface area contributed by atoms with Crippen molar-refractivity contribution in [1.82, 2.24) is 0 Å². The van der Waals surface area contributed by atoms with Crippen LogP contribution in [0.1, 0.15) is 29.0 Å². The molecule has 1 atom stereocenters. The Kier molecular flexibility index (Phi) is 3.49.